The van der Waals surface area contributed by atoms with E-state index in [2.05, 4.69) is 55.7 Å². The molecular formula is C13H22N2. The van der Waals surface area contributed by atoms with Crippen molar-refractivity contribution in [2.45, 2.75) is 26.2 Å². The minimum atomic E-state index is 0.185. The number of rotatable bonds is 5. The average molecular weight is 206 g/mol. The first-order valence-electron chi connectivity index (χ1n) is 5.49. The van der Waals surface area contributed by atoms with Crippen LogP contribution in [0, 0.1) is 6.92 Å². The topological polar surface area (TPSA) is 24.1 Å². The van der Waals surface area contributed by atoms with Crippen LogP contribution < -0.4 is 10.6 Å². The van der Waals surface area contributed by atoms with E-state index in [1.807, 2.05) is 7.05 Å². The molecule has 0 aromatic heterocycles. The van der Waals surface area contributed by atoms with Crippen LogP contribution in [0.5, 0.6) is 0 Å². The standard InChI is InChI=1S/C13H22N2/c1-11-5-7-12(8-6-11)13(2,3)9-15-10-14-4/h5-8,14-15H,9-10H2,1-4H3. The molecule has 15 heavy (non-hydrogen) atoms. The van der Waals surface area contributed by atoms with E-state index in [1.165, 1.54) is 11.1 Å². The molecule has 0 saturated heterocycles. The predicted molar refractivity (Wildman–Crippen MR) is 66.1 cm³/mol. The van der Waals surface area contributed by atoms with Crippen LogP contribution in [-0.4, -0.2) is 20.3 Å². The number of benzene rings is 1. The predicted octanol–water partition coefficient (Wildman–Crippen LogP) is 2.04. The van der Waals surface area contributed by atoms with Crippen molar-refractivity contribution in [2.75, 3.05) is 20.3 Å². The van der Waals surface area contributed by atoms with Gasteiger partial charge in [-0.15, -0.1) is 0 Å². The van der Waals surface area contributed by atoms with E-state index < -0.39 is 0 Å². The molecule has 0 heterocycles. The molecule has 2 nitrogen and oxygen atoms in total. The van der Waals surface area contributed by atoms with Gasteiger partial charge in [0, 0.05) is 18.6 Å². The summed E-state index contributed by atoms with van der Waals surface area (Å²) in [5, 5.41) is 6.47. The van der Waals surface area contributed by atoms with E-state index in [0.29, 0.717) is 0 Å². The SMILES string of the molecule is CNCNCC(C)(C)c1ccc(C)cc1. The highest BCUT2D eigenvalue weighted by atomic mass is 15.0. The second-order valence-corrected chi connectivity index (χ2v) is 4.71. The van der Waals surface area contributed by atoms with Crippen molar-refractivity contribution in [1.82, 2.24) is 10.6 Å². The Morgan fingerprint density at radius 2 is 1.73 bits per heavy atom. The Bertz CT molecular complexity index is 288. The number of aryl methyl sites for hydroxylation is 1. The summed E-state index contributed by atoms with van der Waals surface area (Å²) in [4.78, 5) is 0. The Hall–Kier alpha value is -0.860. The van der Waals surface area contributed by atoms with Gasteiger partial charge in [-0.05, 0) is 19.5 Å². The fraction of sp³-hybridized carbons (Fsp3) is 0.538. The van der Waals surface area contributed by atoms with Crippen molar-refractivity contribution >= 4 is 0 Å². The van der Waals surface area contributed by atoms with Crippen LogP contribution in [0.15, 0.2) is 24.3 Å². The normalized spacial score (nSPS) is 11.7. The minimum Gasteiger partial charge on any atom is -0.308 e. The highest BCUT2D eigenvalue weighted by Crippen LogP contribution is 2.22. The minimum absolute atomic E-state index is 0.185. The largest absolute Gasteiger partial charge is 0.308 e. The third-order valence-electron chi connectivity index (χ3n) is 2.70. The van der Waals surface area contributed by atoms with Crippen LogP contribution in [0.1, 0.15) is 25.0 Å². The summed E-state index contributed by atoms with van der Waals surface area (Å²) in [6.07, 6.45) is 0. The molecule has 0 aliphatic carbocycles. The zero-order valence-electron chi connectivity index (χ0n) is 10.2. The second kappa shape index (κ2) is 5.29. The lowest BCUT2D eigenvalue weighted by molar-refractivity contribution is 0.460. The maximum Gasteiger partial charge on any atom is 0.0452 e. The van der Waals surface area contributed by atoms with E-state index >= 15 is 0 Å². The first-order valence-corrected chi connectivity index (χ1v) is 5.49. The van der Waals surface area contributed by atoms with Gasteiger partial charge >= 0.3 is 0 Å². The van der Waals surface area contributed by atoms with E-state index in [-0.39, 0.29) is 5.41 Å². The molecule has 0 aliphatic rings. The molecule has 1 aromatic carbocycles. The van der Waals surface area contributed by atoms with Crippen LogP contribution >= 0.6 is 0 Å². The van der Waals surface area contributed by atoms with E-state index in [9.17, 15) is 0 Å². The molecule has 0 amide bonds. The lowest BCUT2D eigenvalue weighted by Gasteiger charge is -2.26. The average Bonchev–Trinajstić information content (AvgIpc) is 2.18. The fourth-order valence-electron chi connectivity index (χ4n) is 1.61. The number of nitrogens with one attached hydrogen (secondary N) is 2. The molecule has 1 aromatic rings. The van der Waals surface area contributed by atoms with E-state index in [1.54, 1.807) is 0 Å². The fourth-order valence-corrected chi connectivity index (χ4v) is 1.61. The van der Waals surface area contributed by atoms with Gasteiger partial charge in [-0.1, -0.05) is 43.7 Å². The van der Waals surface area contributed by atoms with Crippen LogP contribution in [-0.2, 0) is 5.41 Å². The molecular weight excluding hydrogens is 184 g/mol. The Balaban J connectivity index is 2.63. The first-order chi connectivity index (χ1) is 7.06. The van der Waals surface area contributed by atoms with Gasteiger partial charge in [0.2, 0.25) is 0 Å². The molecule has 84 valence electrons. The van der Waals surface area contributed by atoms with Gasteiger partial charge in [-0.25, -0.2) is 0 Å². The maximum atomic E-state index is 3.38. The van der Waals surface area contributed by atoms with Crippen molar-refractivity contribution < 1.29 is 0 Å². The molecule has 0 aliphatic heterocycles. The van der Waals surface area contributed by atoms with Gasteiger partial charge in [-0.3, -0.25) is 0 Å². The lowest BCUT2D eigenvalue weighted by atomic mass is 9.84. The van der Waals surface area contributed by atoms with Crippen LogP contribution in [0.25, 0.3) is 0 Å². The van der Waals surface area contributed by atoms with Gasteiger partial charge < -0.3 is 10.6 Å². The zero-order valence-corrected chi connectivity index (χ0v) is 10.2. The lowest BCUT2D eigenvalue weighted by Crippen LogP contribution is -2.37. The number of hydrogen-bond donors (Lipinski definition) is 2. The smallest absolute Gasteiger partial charge is 0.0452 e. The van der Waals surface area contributed by atoms with Gasteiger partial charge in [0.1, 0.15) is 0 Å². The van der Waals surface area contributed by atoms with Crippen LogP contribution in [0.2, 0.25) is 0 Å². The molecule has 2 heteroatoms. The third-order valence-corrected chi connectivity index (χ3v) is 2.70. The second-order valence-electron chi connectivity index (χ2n) is 4.71. The van der Waals surface area contributed by atoms with E-state index in [0.717, 1.165) is 13.2 Å². The highest BCUT2D eigenvalue weighted by Gasteiger charge is 2.19. The summed E-state index contributed by atoms with van der Waals surface area (Å²) in [7, 11) is 1.95. The van der Waals surface area contributed by atoms with Gasteiger partial charge in [0.25, 0.3) is 0 Å². The van der Waals surface area contributed by atoms with Gasteiger partial charge in [-0.2, -0.15) is 0 Å². The molecule has 0 saturated carbocycles. The summed E-state index contributed by atoms with van der Waals surface area (Å²) >= 11 is 0. The molecule has 0 spiro atoms. The van der Waals surface area contributed by atoms with Crippen molar-refractivity contribution in [2.24, 2.45) is 0 Å². The summed E-state index contributed by atoms with van der Waals surface area (Å²) in [5.41, 5.74) is 2.89. The van der Waals surface area contributed by atoms with Gasteiger partial charge in [0.15, 0.2) is 0 Å². The van der Waals surface area contributed by atoms with Crippen LogP contribution in [0.3, 0.4) is 0 Å². The van der Waals surface area contributed by atoms with Gasteiger partial charge in [0.05, 0.1) is 0 Å². The Labute approximate surface area is 93.1 Å². The molecule has 1 rings (SSSR count). The Kier molecular flexibility index (Phi) is 4.30. The highest BCUT2D eigenvalue weighted by molar-refractivity contribution is 5.27. The summed E-state index contributed by atoms with van der Waals surface area (Å²) in [6, 6.07) is 8.79. The molecule has 0 fully saturated rings. The zero-order chi connectivity index (χ0) is 11.3. The Morgan fingerprint density at radius 3 is 2.27 bits per heavy atom. The first kappa shape index (κ1) is 12.2. The quantitative estimate of drug-likeness (QED) is 0.569. The van der Waals surface area contributed by atoms with Crippen molar-refractivity contribution in [3.63, 3.8) is 0 Å². The van der Waals surface area contributed by atoms with E-state index in [4.69, 9.17) is 0 Å². The Morgan fingerprint density at radius 1 is 1.13 bits per heavy atom. The molecule has 0 radical (unpaired) electrons. The summed E-state index contributed by atoms with van der Waals surface area (Å²) in [5.74, 6) is 0. The molecule has 0 atom stereocenters. The monoisotopic (exact) mass is 206 g/mol. The van der Waals surface area contributed by atoms with Crippen LogP contribution in [0.4, 0.5) is 0 Å². The van der Waals surface area contributed by atoms with Crippen molar-refractivity contribution in [3.8, 4) is 0 Å². The summed E-state index contributed by atoms with van der Waals surface area (Å²) in [6.45, 7) is 8.49. The number of hydrogen-bond acceptors (Lipinski definition) is 2. The molecule has 2 N–H and O–H groups in total. The maximum absolute atomic E-state index is 3.38. The molecule has 0 unspecified atom stereocenters. The molecule has 0 bridgehead atoms. The summed E-state index contributed by atoms with van der Waals surface area (Å²) < 4.78 is 0. The van der Waals surface area contributed by atoms with Crippen molar-refractivity contribution in [1.29, 1.82) is 0 Å². The van der Waals surface area contributed by atoms with Crippen molar-refractivity contribution in [3.05, 3.63) is 35.4 Å². The third kappa shape index (κ3) is 3.65.